The van der Waals surface area contributed by atoms with Gasteiger partial charge in [-0.25, -0.2) is 0 Å². The molecule has 0 spiro atoms. The van der Waals surface area contributed by atoms with Gasteiger partial charge in [0.05, 0.1) is 0 Å². The first-order valence-corrected chi connectivity index (χ1v) is 5.09. The van der Waals surface area contributed by atoms with Crippen LogP contribution in [0.15, 0.2) is 53.0 Å². The second kappa shape index (κ2) is 5.71. The topological polar surface area (TPSA) is 23.1 Å². The minimum atomic E-state index is 0. The van der Waals surface area contributed by atoms with Gasteiger partial charge in [-0.1, -0.05) is 64.1 Å². The van der Waals surface area contributed by atoms with Crippen LogP contribution in [0.2, 0.25) is 0 Å². The SMILES string of the molecule is [Na+].[O-]c1c(Br)cccc1-c1ccccc1. The second-order valence-corrected chi connectivity index (χ2v) is 3.84. The van der Waals surface area contributed by atoms with E-state index in [9.17, 15) is 5.11 Å². The Labute approximate surface area is 120 Å². The predicted molar refractivity (Wildman–Crippen MR) is 59.0 cm³/mol. The molecule has 15 heavy (non-hydrogen) atoms. The molecule has 2 aromatic carbocycles. The second-order valence-electron chi connectivity index (χ2n) is 2.98. The molecule has 0 bridgehead atoms. The van der Waals surface area contributed by atoms with Gasteiger partial charge < -0.3 is 5.11 Å². The summed E-state index contributed by atoms with van der Waals surface area (Å²) in [4.78, 5) is 0. The maximum Gasteiger partial charge on any atom is 1.00 e. The van der Waals surface area contributed by atoms with E-state index < -0.39 is 0 Å². The maximum absolute atomic E-state index is 11.7. The quantitative estimate of drug-likeness (QED) is 0.679. The molecule has 3 heteroatoms. The molecule has 0 saturated carbocycles. The fourth-order valence-electron chi connectivity index (χ4n) is 1.35. The zero-order valence-corrected chi connectivity index (χ0v) is 12.0. The van der Waals surface area contributed by atoms with E-state index in [-0.39, 0.29) is 35.3 Å². The van der Waals surface area contributed by atoms with E-state index >= 15 is 0 Å². The zero-order chi connectivity index (χ0) is 9.97. The first kappa shape index (κ1) is 12.8. The van der Waals surface area contributed by atoms with Gasteiger partial charge in [-0.3, -0.25) is 0 Å². The smallest absolute Gasteiger partial charge is 0.871 e. The van der Waals surface area contributed by atoms with Crippen LogP contribution >= 0.6 is 15.9 Å². The molecule has 0 unspecified atom stereocenters. The molecule has 0 atom stereocenters. The third-order valence-corrected chi connectivity index (χ3v) is 2.68. The summed E-state index contributed by atoms with van der Waals surface area (Å²) in [6.45, 7) is 0. The van der Waals surface area contributed by atoms with E-state index in [0.717, 1.165) is 11.1 Å². The van der Waals surface area contributed by atoms with E-state index in [4.69, 9.17) is 0 Å². The minimum Gasteiger partial charge on any atom is -0.871 e. The summed E-state index contributed by atoms with van der Waals surface area (Å²) in [5.41, 5.74) is 1.69. The number of hydrogen-bond donors (Lipinski definition) is 0. The Morgan fingerprint density at radius 1 is 0.867 bits per heavy atom. The summed E-state index contributed by atoms with van der Waals surface area (Å²) < 4.78 is 0.610. The molecule has 2 aromatic rings. The molecule has 0 aliphatic rings. The van der Waals surface area contributed by atoms with E-state index in [1.54, 1.807) is 6.07 Å². The fraction of sp³-hybridized carbons (Fsp3) is 0. The maximum atomic E-state index is 11.7. The van der Waals surface area contributed by atoms with E-state index in [2.05, 4.69) is 15.9 Å². The number of hydrogen-bond acceptors (Lipinski definition) is 1. The summed E-state index contributed by atoms with van der Waals surface area (Å²) in [7, 11) is 0. The monoisotopic (exact) mass is 270 g/mol. The average Bonchev–Trinajstić information content (AvgIpc) is 2.23. The molecule has 0 N–H and O–H groups in total. The van der Waals surface area contributed by atoms with E-state index in [1.807, 2.05) is 42.5 Å². The van der Waals surface area contributed by atoms with Crippen molar-refractivity contribution in [3.63, 3.8) is 0 Å². The third-order valence-electron chi connectivity index (χ3n) is 2.05. The van der Waals surface area contributed by atoms with Crippen molar-refractivity contribution in [1.82, 2.24) is 0 Å². The molecule has 0 heterocycles. The van der Waals surface area contributed by atoms with Crippen molar-refractivity contribution < 1.29 is 34.7 Å². The van der Waals surface area contributed by atoms with E-state index in [0.29, 0.717) is 4.47 Å². The van der Waals surface area contributed by atoms with Gasteiger partial charge in [0.25, 0.3) is 0 Å². The molecule has 0 fully saturated rings. The Bertz CT molecular complexity index is 443. The Balaban J connectivity index is 0.00000112. The molecule has 0 saturated heterocycles. The number of rotatable bonds is 1. The van der Waals surface area contributed by atoms with Crippen LogP contribution in [-0.4, -0.2) is 0 Å². The molecular weight excluding hydrogens is 263 g/mol. The zero-order valence-electron chi connectivity index (χ0n) is 8.41. The van der Waals surface area contributed by atoms with Gasteiger partial charge in [-0.05, 0) is 17.2 Å². The van der Waals surface area contributed by atoms with Crippen LogP contribution in [0.5, 0.6) is 5.75 Å². The summed E-state index contributed by atoms with van der Waals surface area (Å²) >= 11 is 3.23. The first-order valence-electron chi connectivity index (χ1n) is 4.30. The van der Waals surface area contributed by atoms with Crippen molar-refractivity contribution in [1.29, 1.82) is 0 Å². The van der Waals surface area contributed by atoms with Crippen LogP contribution in [0.3, 0.4) is 0 Å². The molecule has 2 rings (SSSR count). The summed E-state index contributed by atoms with van der Waals surface area (Å²) in [6, 6.07) is 15.1. The van der Waals surface area contributed by atoms with Crippen molar-refractivity contribution in [2.75, 3.05) is 0 Å². The Morgan fingerprint density at radius 3 is 2.20 bits per heavy atom. The van der Waals surface area contributed by atoms with Crippen molar-refractivity contribution in [2.24, 2.45) is 0 Å². The predicted octanol–water partition coefficient (Wildman–Crippen LogP) is 0.194. The van der Waals surface area contributed by atoms with Crippen LogP contribution < -0.4 is 34.7 Å². The van der Waals surface area contributed by atoms with Crippen molar-refractivity contribution in [3.05, 3.63) is 53.0 Å². The molecule has 0 radical (unpaired) electrons. The van der Waals surface area contributed by atoms with Crippen LogP contribution in [0.1, 0.15) is 0 Å². The third kappa shape index (κ3) is 2.85. The van der Waals surface area contributed by atoms with Gasteiger partial charge in [-0.15, -0.1) is 0 Å². The van der Waals surface area contributed by atoms with Gasteiger partial charge in [-0.2, -0.15) is 0 Å². The number of benzene rings is 2. The van der Waals surface area contributed by atoms with Crippen molar-refractivity contribution >= 4 is 15.9 Å². The van der Waals surface area contributed by atoms with Crippen LogP contribution in [0, 0.1) is 0 Å². The normalized spacial score (nSPS) is 9.40. The molecule has 0 amide bonds. The first-order chi connectivity index (χ1) is 6.79. The fourth-order valence-corrected chi connectivity index (χ4v) is 1.72. The number of halogens is 1. The minimum absolute atomic E-state index is 0. The molecule has 0 aromatic heterocycles. The molecule has 70 valence electrons. The average molecular weight is 271 g/mol. The van der Waals surface area contributed by atoms with Crippen LogP contribution in [0.4, 0.5) is 0 Å². The van der Waals surface area contributed by atoms with Crippen LogP contribution in [0.25, 0.3) is 11.1 Å². The van der Waals surface area contributed by atoms with E-state index in [1.165, 1.54) is 0 Å². The summed E-state index contributed by atoms with van der Waals surface area (Å²) in [6.07, 6.45) is 0. The van der Waals surface area contributed by atoms with Gasteiger partial charge in [0.2, 0.25) is 0 Å². The Morgan fingerprint density at radius 2 is 1.53 bits per heavy atom. The molecule has 0 aliphatic carbocycles. The van der Waals surface area contributed by atoms with Crippen LogP contribution in [-0.2, 0) is 0 Å². The van der Waals surface area contributed by atoms with Crippen molar-refractivity contribution in [2.45, 2.75) is 0 Å². The summed E-state index contributed by atoms with van der Waals surface area (Å²) in [5, 5.41) is 11.7. The molecular formula is C12H8BrNaO. The van der Waals surface area contributed by atoms with Gasteiger partial charge in [0, 0.05) is 4.47 Å². The standard InChI is InChI=1S/C12H9BrO.Na/c13-11-8-4-7-10(12(11)14)9-5-2-1-3-6-9;/h1-8,14H;/q;+1/p-1. The van der Waals surface area contributed by atoms with Gasteiger partial charge >= 0.3 is 29.6 Å². The van der Waals surface area contributed by atoms with Gasteiger partial charge in [0.15, 0.2) is 0 Å². The van der Waals surface area contributed by atoms with Crippen molar-refractivity contribution in [3.8, 4) is 16.9 Å². The molecule has 1 nitrogen and oxygen atoms in total. The van der Waals surface area contributed by atoms with Gasteiger partial charge in [0.1, 0.15) is 0 Å². The summed E-state index contributed by atoms with van der Waals surface area (Å²) in [5.74, 6) is 0.0405. The number of para-hydroxylation sites is 1. The largest absolute Gasteiger partial charge is 1.00 e. The Hall–Kier alpha value is -0.280. The Kier molecular flexibility index (Phi) is 4.87. The molecule has 0 aliphatic heterocycles.